The first-order valence-corrected chi connectivity index (χ1v) is 3.71. The maximum Gasteiger partial charge on any atom is 0.0492 e. The summed E-state index contributed by atoms with van der Waals surface area (Å²) in [4.78, 5) is 0. The molecule has 50 valence electrons. The lowest BCUT2D eigenvalue weighted by molar-refractivity contribution is 0.0371. The molecule has 0 aromatic carbocycles. The molecule has 0 spiro atoms. The van der Waals surface area contributed by atoms with Crippen molar-refractivity contribution in [2.24, 2.45) is 5.92 Å². The predicted molar refractivity (Wildman–Crippen MR) is 42.0 cm³/mol. The topological polar surface area (TPSA) is 23.5 Å². The highest BCUT2D eigenvalue weighted by Gasteiger charge is 1.95. The summed E-state index contributed by atoms with van der Waals surface area (Å²) in [7, 11) is 0. The smallest absolute Gasteiger partial charge is 0.0492 e. The lowest BCUT2D eigenvalue weighted by atomic mass is 10.1. The molecule has 0 saturated carbocycles. The van der Waals surface area contributed by atoms with Crippen molar-refractivity contribution in [3.8, 4) is 0 Å². The maximum absolute atomic E-state index is 8.62. The highest BCUT2D eigenvalue weighted by Crippen LogP contribution is 2.02. The Kier molecular flexibility index (Phi) is 4.89. The van der Waals surface area contributed by atoms with Gasteiger partial charge in [-0.3, -0.25) is 0 Å². The Hall–Kier alpha value is 0.650. The highest BCUT2D eigenvalue weighted by molar-refractivity contribution is 14.1. The number of nitrogens with zero attached hydrogens (tertiary/aromatic N) is 1. The van der Waals surface area contributed by atoms with Crippen LogP contribution in [0.1, 0.15) is 20.3 Å². The van der Waals surface area contributed by atoms with E-state index in [1.54, 1.807) is 0 Å². The van der Waals surface area contributed by atoms with Gasteiger partial charge in [-0.25, -0.2) is 0 Å². The Morgan fingerprint density at radius 3 is 2.25 bits per heavy atom. The summed E-state index contributed by atoms with van der Waals surface area (Å²) in [6.45, 7) is 5.04. The van der Waals surface area contributed by atoms with E-state index in [1.165, 1.54) is 3.28 Å². The number of hydroxylamine groups is 1. The van der Waals surface area contributed by atoms with Crippen LogP contribution in [0.15, 0.2) is 0 Å². The maximum atomic E-state index is 8.62. The highest BCUT2D eigenvalue weighted by atomic mass is 127. The standard InChI is InChI=1S/C5H12INO/c1-5(2)3-4-7(6)8/h5,8H,3-4H2,1-2H3. The van der Waals surface area contributed by atoms with Crippen molar-refractivity contribution in [3.05, 3.63) is 0 Å². The van der Waals surface area contributed by atoms with Crippen molar-refractivity contribution in [1.29, 1.82) is 0 Å². The molecule has 0 aromatic heterocycles. The van der Waals surface area contributed by atoms with E-state index in [0.717, 1.165) is 13.0 Å². The Morgan fingerprint density at radius 2 is 2.12 bits per heavy atom. The van der Waals surface area contributed by atoms with E-state index >= 15 is 0 Å². The molecular weight excluding hydrogens is 217 g/mol. The SMILES string of the molecule is CC(C)CCN(O)I. The van der Waals surface area contributed by atoms with Crippen molar-refractivity contribution in [2.75, 3.05) is 6.54 Å². The molecule has 0 bridgehead atoms. The van der Waals surface area contributed by atoms with E-state index in [-0.39, 0.29) is 0 Å². The first-order chi connectivity index (χ1) is 3.63. The van der Waals surface area contributed by atoms with Gasteiger partial charge in [0.15, 0.2) is 0 Å². The number of halogens is 1. The fraction of sp³-hybridized carbons (Fsp3) is 1.00. The summed E-state index contributed by atoms with van der Waals surface area (Å²) >= 11 is 1.86. The number of rotatable bonds is 3. The molecule has 0 fully saturated rings. The molecule has 1 N–H and O–H groups in total. The molecule has 0 amide bonds. The van der Waals surface area contributed by atoms with Crippen LogP contribution in [-0.4, -0.2) is 15.0 Å². The molecule has 0 atom stereocenters. The molecule has 0 rings (SSSR count). The number of hydrogen-bond acceptors (Lipinski definition) is 2. The summed E-state index contributed by atoms with van der Waals surface area (Å²) < 4.78 is 1.19. The van der Waals surface area contributed by atoms with Crippen molar-refractivity contribution in [1.82, 2.24) is 3.28 Å². The summed E-state index contributed by atoms with van der Waals surface area (Å²) in [5, 5.41) is 8.62. The van der Waals surface area contributed by atoms with Gasteiger partial charge in [-0.15, -0.1) is 3.28 Å². The molecule has 0 saturated heterocycles. The zero-order valence-corrected chi connectivity index (χ0v) is 7.42. The van der Waals surface area contributed by atoms with Gasteiger partial charge < -0.3 is 5.21 Å². The van der Waals surface area contributed by atoms with Crippen molar-refractivity contribution >= 4 is 22.9 Å². The zero-order chi connectivity index (χ0) is 6.57. The van der Waals surface area contributed by atoms with Crippen LogP contribution in [0, 0.1) is 5.92 Å². The van der Waals surface area contributed by atoms with Crippen molar-refractivity contribution in [2.45, 2.75) is 20.3 Å². The summed E-state index contributed by atoms with van der Waals surface area (Å²) in [5.74, 6) is 0.680. The average molecular weight is 229 g/mol. The molecule has 0 aromatic rings. The van der Waals surface area contributed by atoms with E-state index < -0.39 is 0 Å². The average Bonchev–Trinajstić information content (AvgIpc) is 1.61. The third kappa shape index (κ3) is 6.65. The van der Waals surface area contributed by atoms with E-state index in [4.69, 9.17) is 5.21 Å². The van der Waals surface area contributed by atoms with Gasteiger partial charge in [-0.1, -0.05) is 13.8 Å². The Labute approximate surface area is 64.3 Å². The van der Waals surface area contributed by atoms with Gasteiger partial charge in [0.05, 0.1) is 0 Å². The van der Waals surface area contributed by atoms with E-state index in [2.05, 4.69) is 13.8 Å². The molecule has 0 aliphatic carbocycles. The van der Waals surface area contributed by atoms with Gasteiger partial charge in [-0.05, 0) is 12.3 Å². The largest absolute Gasteiger partial charge is 0.304 e. The first-order valence-electron chi connectivity index (χ1n) is 2.75. The molecule has 0 aliphatic heterocycles. The van der Waals surface area contributed by atoms with Crippen LogP contribution in [0.5, 0.6) is 0 Å². The second-order valence-electron chi connectivity index (χ2n) is 2.24. The lowest BCUT2D eigenvalue weighted by Gasteiger charge is -2.06. The van der Waals surface area contributed by atoms with Gasteiger partial charge in [0.1, 0.15) is 0 Å². The van der Waals surface area contributed by atoms with Gasteiger partial charge in [0, 0.05) is 29.4 Å². The molecule has 8 heavy (non-hydrogen) atoms. The second kappa shape index (κ2) is 4.52. The van der Waals surface area contributed by atoms with E-state index in [1.807, 2.05) is 22.9 Å². The lowest BCUT2D eigenvalue weighted by Crippen LogP contribution is -2.08. The van der Waals surface area contributed by atoms with Crippen LogP contribution in [0.3, 0.4) is 0 Å². The molecule has 0 radical (unpaired) electrons. The van der Waals surface area contributed by atoms with Crippen molar-refractivity contribution < 1.29 is 5.21 Å². The molecule has 0 unspecified atom stereocenters. The normalized spacial score (nSPS) is 11.2. The molecule has 2 nitrogen and oxygen atoms in total. The summed E-state index contributed by atoms with van der Waals surface area (Å²) in [6.07, 6.45) is 1.06. The second-order valence-corrected chi connectivity index (χ2v) is 3.36. The molecule has 0 aliphatic rings. The summed E-state index contributed by atoms with van der Waals surface area (Å²) in [6, 6.07) is 0. The minimum absolute atomic E-state index is 0.680. The van der Waals surface area contributed by atoms with E-state index in [0.29, 0.717) is 5.92 Å². The summed E-state index contributed by atoms with van der Waals surface area (Å²) in [5.41, 5.74) is 0. The minimum Gasteiger partial charge on any atom is -0.304 e. The fourth-order valence-corrected chi connectivity index (χ4v) is 0.643. The minimum atomic E-state index is 0.680. The van der Waals surface area contributed by atoms with Crippen LogP contribution >= 0.6 is 22.9 Å². The molecular formula is C5H12INO. The molecule has 3 heteroatoms. The van der Waals surface area contributed by atoms with Crippen LogP contribution in [0.4, 0.5) is 0 Å². The van der Waals surface area contributed by atoms with E-state index in [9.17, 15) is 0 Å². The van der Waals surface area contributed by atoms with Crippen molar-refractivity contribution in [3.63, 3.8) is 0 Å². The predicted octanol–water partition coefficient (Wildman–Crippen LogP) is 2.07. The van der Waals surface area contributed by atoms with Crippen LogP contribution in [-0.2, 0) is 0 Å². The van der Waals surface area contributed by atoms with Gasteiger partial charge in [-0.2, -0.15) is 0 Å². The Balaban J connectivity index is 2.93. The van der Waals surface area contributed by atoms with Crippen LogP contribution in [0.25, 0.3) is 0 Å². The fourth-order valence-electron chi connectivity index (χ4n) is 0.365. The van der Waals surface area contributed by atoms with Gasteiger partial charge in [0.2, 0.25) is 0 Å². The van der Waals surface area contributed by atoms with Crippen LogP contribution < -0.4 is 0 Å². The third-order valence-electron chi connectivity index (χ3n) is 0.891. The van der Waals surface area contributed by atoms with Crippen LogP contribution in [0.2, 0.25) is 0 Å². The van der Waals surface area contributed by atoms with Gasteiger partial charge in [0.25, 0.3) is 0 Å². The third-order valence-corrected chi connectivity index (χ3v) is 1.37. The Morgan fingerprint density at radius 1 is 1.62 bits per heavy atom. The molecule has 0 heterocycles. The zero-order valence-electron chi connectivity index (χ0n) is 5.26. The Bertz CT molecular complexity index is 48.4. The number of hydrogen-bond donors (Lipinski definition) is 1. The quantitative estimate of drug-likeness (QED) is 0.455. The first kappa shape index (κ1) is 8.65. The monoisotopic (exact) mass is 229 g/mol. The van der Waals surface area contributed by atoms with Gasteiger partial charge >= 0.3 is 0 Å².